The molecule has 1 amide bonds. The van der Waals surface area contributed by atoms with E-state index in [0.29, 0.717) is 28.2 Å². The number of nitrogens with two attached hydrogens (primary N) is 1. The smallest absolute Gasteiger partial charge is 0.227 e. The summed E-state index contributed by atoms with van der Waals surface area (Å²) in [6.45, 7) is 0. The van der Waals surface area contributed by atoms with Crippen molar-refractivity contribution in [3.8, 4) is 38.4 Å². The van der Waals surface area contributed by atoms with Crippen LogP contribution in [0.1, 0.15) is 38.5 Å². The van der Waals surface area contributed by atoms with Gasteiger partial charge in [-0.25, -0.2) is 9.97 Å². The molecule has 4 N–H and O–H groups in total. The number of aromatic nitrogens is 2. The fourth-order valence-electron chi connectivity index (χ4n) is 4.87. The van der Waals surface area contributed by atoms with E-state index in [9.17, 15) is 4.79 Å². The Labute approximate surface area is 241 Å². The Balaban J connectivity index is 1.32. The molecule has 0 bridgehead atoms. The molecule has 1 aliphatic rings. The summed E-state index contributed by atoms with van der Waals surface area (Å²) in [7, 11) is 4.71. The van der Waals surface area contributed by atoms with Crippen LogP contribution >= 0.6 is 22.7 Å². The molecule has 0 spiro atoms. The predicted molar refractivity (Wildman–Crippen MR) is 162 cm³/mol. The van der Waals surface area contributed by atoms with Crippen molar-refractivity contribution in [2.45, 2.75) is 38.5 Å². The molecular weight excluding hydrogens is 546 g/mol. The van der Waals surface area contributed by atoms with Gasteiger partial charge in [-0.1, -0.05) is 49.2 Å². The molecule has 1 saturated carbocycles. The Hall–Kier alpha value is -3.83. The van der Waals surface area contributed by atoms with Crippen molar-refractivity contribution in [1.29, 1.82) is 0 Å². The first-order valence-electron chi connectivity index (χ1n) is 13.2. The molecule has 9 nitrogen and oxygen atoms in total. The Morgan fingerprint density at radius 1 is 0.950 bits per heavy atom. The first kappa shape index (κ1) is 27.7. The molecule has 40 heavy (non-hydrogen) atoms. The molecule has 2 heterocycles. The highest BCUT2D eigenvalue weighted by Crippen LogP contribution is 2.43. The van der Waals surface area contributed by atoms with Gasteiger partial charge in [-0.05, 0) is 25.0 Å². The van der Waals surface area contributed by atoms with Gasteiger partial charge in [0.25, 0.3) is 0 Å². The highest BCUT2D eigenvalue weighted by molar-refractivity contribution is 7.23. The van der Waals surface area contributed by atoms with Gasteiger partial charge in [-0.3, -0.25) is 4.79 Å². The molecule has 1 fully saturated rings. The minimum absolute atomic E-state index is 0.0919. The number of benzene rings is 2. The maximum absolute atomic E-state index is 12.9. The van der Waals surface area contributed by atoms with Crippen LogP contribution in [0.2, 0.25) is 0 Å². The number of nitrogen functional groups attached to an aromatic ring is 1. The van der Waals surface area contributed by atoms with Crippen molar-refractivity contribution in [2.75, 3.05) is 37.7 Å². The molecule has 0 radical (unpaired) electrons. The SMILES string of the molecule is COc1cc(Nc2nc(N)c(-c3nc(-c4cccc(NC(=O)C5CCCCCC5)c4)cs3)s2)cc(OC)c1OC. The largest absolute Gasteiger partial charge is 0.493 e. The van der Waals surface area contributed by atoms with Crippen LogP contribution in [-0.4, -0.2) is 37.2 Å². The van der Waals surface area contributed by atoms with E-state index in [4.69, 9.17) is 24.9 Å². The monoisotopic (exact) mass is 579 g/mol. The van der Waals surface area contributed by atoms with Gasteiger partial charge in [0.15, 0.2) is 16.6 Å². The molecule has 4 aromatic rings. The maximum Gasteiger partial charge on any atom is 0.227 e. The molecule has 2 aromatic heterocycles. The number of anilines is 4. The Bertz CT molecular complexity index is 1450. The summed E-state index contributed by atoms with van der Waals surface area (Å²) in [6, 6.07) is 11.4. The molecule has 2 aromatic carbocycles. The minimum Gasteiger partial charge on any atom is -0.493 e. The fraction of sp³-hybridized carbons (Fsp3) is 0.345. The molecular formula is C29H33N5O4S2. The highest BCUT2D eigenvalue weighted by atomic mass is 32.1. The molecule has 1 aliphatic carbocycles. The summed E-state index contributed by atoms with van der Waals surface area (Å²) in [5.74, 6) is 2.18. The first-order valence-corrected chi connectivity index (χ1v) is 14.9. The second-order valence-electron chi connectivity index (χ2n) is 9.57. The number of ether oxygens (including phenoxy) is 3. The molecule has 0 aliphatic heterocycles. The number of amides is 1. The Morgan fingerprint density at radius 2 is 1.68 bits per heavy atom. The standard InChI is InChI=1S/C29H33N5O4S2/c1-36-22-14-20(15-23(37-2)24(22)38-3)32-29-34-26(30)25(40-29)28-33-21(16-39-28)18-11-8-12-19(13-18)31-27(35)17-9-6-4-5-7-10-17/h8,11-17H,4-7,9-10,30H2,1-3H3,(H,31,35)(H,32,34). The molecule has 0 saturated heterocycles. The second kappa shape index (κ2) is 12.6. The third-order valence-corrected chi connectivity index (χ3v) is 8.90. The van der Waals surface area contributed by atoms with Gasteiger partial charge >= 0.3 is 0 Å². The minimum atomic E-state index is 0.0919. The van der Waals surface area contributed by atoms with Crippen molar-refractivity contribution in [2.24, 2.45) is 5.92 Å². The van der Waals surface area contributed by atoms with E-state index in [2.05, 4.69) is 15.6 Å². The third-order valence-electron chi connectivity index (χ3n) is 6.92. The number of hydrogen-bond donors (Lipinski definition) is 3. The Kier molecular flexibility index (Phi) is 8.71. The van der Waals surface area contributed by atoms with E-state index in [-0.39, 0.29) is 11.8 Å². The average Bonchev–Trinajstić information content (AvgIpc) is 3.49. The number of nitrogens with one attached hydrogen (secondary N) is 2. The van der Waals surface area contributed by atoms with Crippen molar-refractivity contribution >= 4 is 50.9 Å². The number of thiazole rings is 2. The van der Waals surface area contributed by atoms with Crippen molar-refractivity contribution < 1.29 is 19.0 Å². The number of carbonyl (C=O) groups is 1. The average molecular weight is 580 g/mol. The number of methoxy groups -OCH3 is 3. The number of rotatable bonds is 9. The van der Waals surface area contributed by atoms with E-state index in [1.54, 1.807) is 21.3 Å². The zero-order chi connectivity index (χ0) is 28.1. The fourth-order valence-corrected chi connectivity index (χ4v) is 6.70. The van der Waals surface area contributed by atoms with E-state index in [1.165, 1.54) is 35.5 Å². The molecule has 210 valence electrons. The van der Waals surface area contributed by atoms with Crippen molar-refractivity contribution in [1.82, 2.24) is 9.97 Å². The summed E-state index contributed by atoms with van der Waals surface area (Å²) in [5.41, 5.74) is 9.56. The lowest BCUT2D eigenvalue weighted by molar-refractivity contribution is -0.120. The van der Waals surface area contributed by atoms with Crippen molar-refractivity contribution in [3.05, 3.63) is 41.8 Å². The lowest BCUT2D eigenvalue weighted by atomic mass is 9.99. The van der Waals surface area contributed by atoms with Crippen LogP contribution in [0.15, 0.2) is 41.8 Å². The summed E-state index contributed by atoms with van der Waals surface area (Å²) >= 11 is 2.91. The van der Waals surface area contributed by atoms with Gasteiger partial charge in [0.05, 0.1) is 27.0 Å². The lowest BCUT2D eigenvalue weighted by Crippen LogP contribution is -2.22. The van der Waals surface area contributed by atoms with Gasteiger partial charge in [-0.15, -0.1) is 11.3 Å². The van der Waals surface area contributed by atoms with Gasteiger partial charge in [0.1, 0.15) is 15.7 Å². The number of hydrogen-bond acceptors (Lipinski definition) is 10. The normalized spacial score (nSPS) is 13.9. The molecule has 0 unspecified atom stereocenters. The maximum atomic E-state index is 12.9. The van der Waals surface area contributed by atoms with Crippen LogP contribution in [0.3, 0.4) is 0 Å². The van der Waals surface area contributed by atoms with Crippen LogP contribution in [-0.2, 0) is 4.79 Å². The van der Waals surface area contributed by atoms with Gasteiger partial charge in [-0.2, -0.15) is 0 Å². The highest BCUT2D eigenvalue weighted by Gasteiger charge is 2.21. The summed E-state index contributed by atoms with van der Waals surface area (Å²) in [6.07, 6.45) is 6.62. The lowest BCUT2D eigenvalue weighted by Gasteiger charge is -2.14. The van der Waals surface area contributed by atoms with Crippen LogP contribution < -0.4 is 30.6 Å². The van der Waals surface area contributed by atoms with E-state index in [0.717, 1.165) is 58.2 Å². The topological polar surface area (TPSA) is 121 Å². The second-order valence-corrected chi connectivity index (χ2v) is 11.4. The third kappa shape index (κ3) is 6.15. The summed E-state index contributed by atoms with van der Waals surface area (Å²) < 4.78 is 16.3. The zero-order valence-corrected chi connectivity index (χ0v) is 24.4. The van der Waals surface area contributed by atoms with Gasteiger partial charge in [0, 0.05) is 40.4 Å². The van der Waals surface area contributed by atoms with Crippen LogP contribution in [0, 0.1) is 5.92 Å². The van der Waals surface area contributed by atoms with Crippen LogP contribution in [0.5, 0.6) is 17.2 Å². The molecule has 5 rings (SSSR count). The van der Waals surface area contributed by atoms with Crippen LogP contribution in [0.25, 0.3) is 21.1 Å². The summed E-state index contributed by atoms with van der Waals surface area (Å²) in [5, 5.41) is 9.78. The van der Waals surface area contributed by atoms with Crippen molar-refractivity contribution in [3.63, 3.8) is 0 Å². The van der Waals surface area contributed by atoms with E-state index in [1.807, 2.05) is 41.8 Å². The summed E-state index contributed by atoms with van der Waals surface area (Å²) in [4.78, 5) is 23.0. The number of carbonyl (C=O) groups excluding carboxylic acids is 1. The van der Waals surface area contributed by atoms with E-state index < -0.39 is 0 Å². The first-order chi connectivity index (χ1) is 19.5. The predicted octanol–water partition coefficient (Wildman–Crippen LogP) is 7.19. The van der Waals surface area contributed by atoms with E-state index >= 15 is 0 Å². The van der Waals surface area contributed by atoms with Gasteiger partial charge in [0.2, 0.25) is 11.7 Å². The van der Waals surface area contributed by atoms with Crippen LogP contribution in [0.4, 0.5) is 22.3 Å². The molecule has 0 atom stereocenters. The quantitative estimate of drug-likeness (QED) is 0.178. The molecule has 11 heteroatoms. The van der Waals surface area contributed by atoms with Gasteiger partial charge < -0.3 is 30.6 Å². The Morgan fingerprint density at radius 3 is 2.35 bits per heavy atom. The number of nitrogens with zero attached hydrogens (tertiary/aromatic N) is 2. The zero-order valence-electron chi connectivity index (χ0n) is 22.8.